The van der Waals surface area contributed by atoms with Crippen LogP contribution in [0.1, 0.15) is 12.0 Å². The monoisotopic (exact) mass is 242 g/mol. The van der Waals surface area contributed by atoms with Crippen LogP contribution >= 0.6 is 0 Å². The molecule has 2 rings (SSSR count). The third kappa shape index (κ3) is 3.09. The first-order valence-corrected chi connectivity index (χ1v) is 5.88. The van der Waals surface area contributed by atoms with E-state index in [-0.39, 0.29) is 0 Å². The summed E-state index contributed by atoms with van der Waals surface area (Å²) in [5, 5.41) is 0. The molecular weight excluding hydrogens is 224 g/mol. The molecule has 0 aliphatic heterocycles. The average Bonchev–Trinajstić information content (AvgIpc) is 2.40. The Morgan fingerprint density at radius 1 is 1.22 bits per heavy atom. The van der Waals surface area contributed by atoms with Crippen LogP contribution in [0.5, 0.6) is 0 Å². The predicted molar refractivity (Wildman–Crippen MR) is 75.7 cm³/mol. The summed E-state index contributed by atoms with van der Waals surface area (Å²) in [6.45, 7) is 0. The summed E-state index contributed by atoms with van der Waals surface area (Å²) < 4.78 is 5.21. The summed E-state index contributed by atoms with van der Waals surface area (Å²) >= 11 is 0. The molecule has 3 nitrogen and oxygen atoms in total. The lowest BCUT2D eigenvalue weighted by molar-refractivity contribution is 0.0394. The van der Waals surface area contributed by atoms with E-state index in [0.717, 1.165) is 16.8 Å². The molecule has 94 valence electrons. The Balaban J connectivity index is 2.04. The number of nitrogen functional groups attached to an aromatic ring is 1. The Bertz CT molecular complexity index is 500. The van der Waals surface area contributed by atoms with Crippen LogP contribution in [0.3, 0.4) is 0 Å². The van der Waals surface area contributed by atoms with Crippen LogP contribution in [0, 0.1) is 0 Å². The zero-order valence-electron chi connectivity index (χ0n) is 10.5. The van der Waals surface area contributed by atoms with Crippen LogP contribution in [-0.2, 0) is 4.74 Å². The highest BCUT2D eigenvalue weighted by Gasteiger charge is 2.21. The van der Waals surface area contributed by atoms with Gasteiger partial charge in [-0.2, -0.15) is 0 Å². The van der Waals surface area contributed by atoms with Crippen molar-refractivity contribution in [1.82, 2.24) is 0 Å². The van der Waals surface area contributed by atoms with E-state index in [0.29, 0.717) is 6.42 Å². The van der Waals surface area contributed by atoms with Gasteiger partial charge in [0, 0.05) is 19.2 Å². The molecule has 1 aliphatic carbocycles. The number of methoxy groups -OCH3 is 1. The molecule has 4 N–H and O–H groups in total. The Kier molecular flexibility index (Phi) is 3.65. The number of benzene rings is 1. The third-order valence-electron chi connectivity index (χ3n) is 3.00. The molecule has 0 saturated heterocycles. The largest absolute Gasteiger partial charge is 0.399 e. The van der Waals surface area contributed by atoms with Gasteiger partial charge in [-0.05, 0) is 29.3 Å². The van der Waals surface area contributed by atoms with Gasteiger partial charge in [0.2, 0.25) is 0 Å². The Morgan fingerprint density at radius 3 is 2.50 bits per heavy atom. The van der Waals surface area contributed by atoms with E-state index in [2.05, 4.69) is 12.2 Å². The summed E-state index contributed by atoms with van der Waals surface area (Å²) in [4.78, 5) is 0. The smallest absolute Gasteiger partial charge is 0.139 e. The van der Waals surface area contributed by atoms with Crippen molar-refractivity contribution in [2.24, 2.45) is 5.73 Å². The number of nitrogens with two attached hydrogens (primary N) is 2. The molecule has 1 unspecified atom stereocenters. The number of anilines is 1. The van der Waals surface area contributed by atoms with Crippen molar-refractivity contribution >= 4 is 11.8 Å². The average molecular weight is 242 g/mol. The van der Waals surface area contributed by atoms with E-state index >= 15 is 0 Å². The normalized spacial score (nSPS) is 23.3. The molecule has 1 aromatic carbocycles. The molecule has 0 aromatic heterocycles. The molecule has 3 heteroatoms. The lowest BCUT2D eigenvalue weighted by Gasteiger charge is -2.25. The van der Waals surface area contributed by atoms with Crippen LogP contribution in [0.2, 0.25) is 0 Å². The van der Waals surface area contributed by atoms with Crippen LogP contribution in [0.4, 0.5) is 5.69 Å². The van der Waals surface area contributed by atoms with Gasteiger partial charge in [-0.3, -0.25) is 5.73 Å². The second-order valence-corrected chi connectivity index (χ2v) is 4.40. The van der Waals surface area contributed by atoms with Crippen molar-refractivity contribution in [2.45, 2.75) is 12.1 Å². The highest BCUT2D eigenvalue weighted by molar-refractivity contribution is 5.57. The highest BCUT2D eigenvalue weighted by Crippen LogP contribution is 2.20. The molecule has 0 spiro atoms. The zero-order chi connectivity index (χ0) is 13.0. The van der Waals surface area contributed by atoms with E-state index < -0.39 is 5.72 Å². The number of hydrogen-bond donors (Lipinski definition) is 2. The molecule has 0 radical (unpaired) electrons. The molecule has 0 heterocycles. The van der Waals surface area contributed by atoms with Crippen molar-refractivity contribution in [3.63, 3.8) is 0 Å². The molecule has 1 aliphatic rings. The standard InChI is InChI=1S/C15H18N2O/c1-18-15(17)10-8-13(9-11-15)3-2-12-4-6-14(16)7-5-12/h2-10H,11,16-17H2,1H3. The van der Waals surface area contributed by atoms with Crippen molar-refractivity contribution in [2.75, 3.05) is 12.8 Å². The van der Waals surface area contributed by atoms with Gasteiger partial charge < -0.3 is 10.5 Å². The topological polar surface area (TPSA) is 61.3 Å². The third-order valence-corrected chi connectivity index (χ3v) is 3.00. The Labute approximate surface area is 107 Å². The zero-order valence-corrected chi connectivity index (χ0v) is 10.5. The summed E-state index contributed by atoms with van der Waals surface area (Å²) in [7, 11) is 1.62. The molecule has 1 aromatic rings. The lowest BCUT2D eigenvalue weighted by atomic mass is 9.99. The Hall–Kier alpha value is -1.84. The van der Waals surface area contributed by atoms with Gasteiger partial charge in [0.1, 0.15) is 5.72 Å². The first-order chi connectivity index (χ1) is 8.61. The molecule has 0 saturated carbocycles. The van der Waals surface area contributed by atoms with Crippen LogP contribution in [0.25, 0.3) is 6.08 Å². The number of allylic oxidation sites excluding steroid dienone is 3. The Morgan fingerprint density at radius 2 is 1.94 bits per heavy atom. The van der Waals surface area contributed by atoms with Crippen molar-refractivity contribution < 1.29 is 4.74 Å². The van der Waals surface area contributed by atoms with Gasteiger partial charge in [-0.1, -0.05) is 36.4 Å². The summed E-state index contributed by atoms with van der Waals surface area (Å²) in [5.41, 5.74) is 14.0. The van der Waals surface area contributed by atoms with E-state index in [9.17, 15) is 0 Å². The maximum absolute atomic E-state index is 5.95. The van der Waals surface area contributed by atoms with Gasteiger partial charge >= 0.3 is 0 Å². The maximum atomic E-state index is 5.95. The van der Waals surface area contributed by atoms with Gasteiger partial charge in [0.25, 0.3) is 0 Å². The van der Waals surface area contributed by atoms with E-state index in [4.69, 9.17) is 16.2 Å². The molecule has 18 heavy (non-hydrogen) atoms. The number of rotatable bonds is 3. The second kappa shape index (κ2) is 5.21. The van der Waals surface area contributed by atoms with E-state index in [1.807, 2.05) is 42.5 Å². The van der Waals surface area contributed by atoms with Crippen LogP contribution in [-0.4, -0.2) is 12.8 Å². The SMILES string of the molecule is COC1(N)C=CC(C=Cc2ccc(N)cc2)=CC1. The first-order valence-electron chi connectivity index (χ1n) is 5.88. The molecule has 0 amide bonds. The minimum Gasteiger partial charge on any atom is -0.399 e. The first kappa shape index (κ1) is 12.6. The maximum Gasteiger partial charge on any atom is 0.139 e. The molecule has 0 bridgehead atoms. The predicted octanol–water partition coefficient (Wildman–Crippen LogP) is 2.47. The van der Waals surface area contributed by atoms with Crippen molar-refractivity contribution in [3.05, 3.63) is 59.7 Å². The summed E-state index contributed by atoms with van der Waals surface area (Å²) in [5.74, 6) is 0. The summed E-state index contributed by atoms with van der Waals surface area (Å²) in [6, 6.07) is 7.75. The fourth-order valence-electron chi connectivity index (χ4n) is 1.73. The molecule has 0 fully saturated rings. The lowest BCUT2D eigenvalue weighted by Crippen LogP contribution is -2.40. The molecular formula is C15H18N2O. The fourth-order valence-corrected chi connectivity index (χ4v) is 1.73. The van der Waals surface area contributed by atoms with Gasteiger partial charge in [0.15, 0.2) is 0 Å². The minimum atomic E-state index is -0.654. The highest BCUT2D eigenvalue weighted by atomic mass is 16.5. The van der Waals surface area contributed by atoms with Crippen LogP contribution < -0.4 is 11.5 Å². The quantitative estimate of drug-likeness (QED) is 0.632. The minimum absolute atomic E-state index is 0.654. The number of ether oxygens (including phenoxy) is 1. The van der Waals surface area contributed by atoms with E-state index in [1.54, 1.807) is 7.11 Å². The van der Waals surface area contributed by atoms with Crippen molar-refractivity contribution in [1.29, 1.82) is 0 Å². The van der Waals surface area contributed by atoms with Crippen LogP contribution in [0.15, 0.2) is 54.1 Å². The van der Waals surface area contributed by atoms with Crippen molar-refractivity contribution in [3.8, 4) is 0 Å². The fraction of sp³-hybridized carbons (Fsp3) is 0.200. The number of hydrogen-bond acceptors (Lipinski definition) is 3. The molecule has 1 atom stereocenters. The van der Waals surface area contributed by atoms with Gasteiger partial charge in [0.05, 0.1) is 0 Å². The van der Waals surface area contributed by atoms with Gasteiger partial charge in [-0.25, -0.2) is 0 Å². The summed E-state index contributed by atoms with van der Waals surface area (Å²) in [6.07, 6.45) is 10.7. The van der Waals surface area contributed by atoms with Gasteiger partial charge in [-0.15, -0.1) is 0 Å². The van der Waals surface area contributed by atoms with E-state index in [1.165, 1.54) is 0 Å². The second-order valence-electron chi connectivity index (χ2n) is 4.40.